The van der Waals surface area contributed by atoms with Gasteiger partial charge in [0.25, 0.3) is 0 Å². The molecule has 0 heterocycles. The first-order valence-electron chi connectivity index (χ1n) is 2.46. The Kier molecular flexibility index (Phi) is 3.50. The average Bonchev–Trinajstić information content (AvgIpc) is 1.61. The summed E-state index contributed by atoms with van der Waals surface area (Å²) in [5, 5.41) is 0. The van der Waals surface area contributed by atoms with Crippen LogP contribution in [0.5, 0.6) is 0 Å². The van der Waals surface area contributed by atoms with Crippen LogP contribution in [0.25, 0.3) is 0 Å². The molecule has 0 N–H and O–H groups in total. The second-order valence-electron chi connectivity index (χ2n) is 1.81. The molecule has 0 aliphatic heterocycles. The van der Waals surface area contributed by atoms with E-state index in [9.17, 15) is 0 Å². The molecule has 0 atom stereocenters. The predicted molar refractivity (Wildman–Crippen MR) is 32.7 cm³/mol. The molecule has 0 aliphatic carbocycles. The lowest BCUT2D eigenvalue weighted by Gasteiger charge is -1.90. The van der Waals surface area contributed by atoms with E-state index in [1.165, 1.54) is 5.92 Å². The Balaban J connectivity index is 3.08. The van der Waals surface area contributed by atoms with Crippen LogP contribution in [0.15, 0.2) is 0 Å². The lowest BCUT2D eigenvalue weighted by Crippen LogP contribution is -1.77. The molecule has 0 spiro atoms. The molecule has 0 bridgehead atoms. The Bertz CT molecular complexity index is 79.9. The smallest absolute Gasteiger partial charge is 0.0145 e. The van der Waals surface area contributed by atoms with E-state index in [4.69, 9.17) is 0 Å². The SMILES string of the molecule is CC#CC[C](C)C. The topological polar surface area (TPSA) is 0 Å². The van der Waals surface area contributed by atoms with E-state index in [2.05, 4.69) is 25.7 Å². The standard InChI is InChI=1S/C7H11/c1-4-5-6-7(2)3/h6H2,1-3H3. The van der Waals surface area contributed by atoms with E-state index >= 15 is 0 Å². The van der Waals surface area contributed by atoms with Crippen LogP contribution in [0, 0.1) is 17.8 Å². The molecule has 39 valence electrons. The maximum Gasteiger partial charge on any atom is 0.0145 e. The molecule has 0 aliphatic rings. The van der Waals surface area contributed by atoms with Gasteiger partial charge in [0.1, 0.15) is 0 Å². The summed E-state index contributed by atoms with van der Waals surface area (Å²) in [4.78, 5) is 0. The molecule has 0 heteroatoms. The van der Waals surface area contributed by atoms with E-state index in [-0.39, 0.29) is 0 Å². The highest BCUT2D eigenvalue weighted by Gasteiger charge is 1.84. The molecule has 7 heavy (non-hydrogen) atoms. The zero-order chi connectivity index (χ0) is 5.70. The molecule has 0 nitrogen and oxygen atoms in total. The first kappa shape index (κ1) is 6.56. The largest absolute Gasteiger partial charge is 0.107 e. The van der Waals surface area contributed by atoms with E-state index in [1.54, 1.807) is 0 Å². The van der Waals surface area contributed by atoms with E-state index in [0.29, 0.717) is 0 Å². The Labute approximate surface area is 45.9 Å². The van der Waals surface area contributed by atoms with Crippen molar-refractivity contribution >= 4 is 0 Å². The summed E-state index contributed by atoms with van der Waals surface area (Å²) in [6, 6.07) is 0. The van der Waals surface area contributed by atoms with Gasteiger partial charge in [0.2, 0.25) is 0 Å². The van der Waals surface area contributed by atoms with Crippen molar-refractivity contribution in [1.29, 1.82) is 0 Å². The Morgan fingerprint density at radius 2 is 2.00 bits per heavy atom. The van der Waals surface area contributed by atoms with Crippen LogP contribution < -0.4 is 0 Å². The van der Waals surface area contributed by atoms with Crippen molar-refractivity contribution in [2.45, 2.75) is 27.2 Å². The molecular weight excluding hydrogens is 84.1 g/mol. The number of rotatable bonds is 1. The summed E-state index contributed by atoms with van der Waals surface area (Å²) in [5.74, 6) is 7.17. The van der Waals surface area contributed by atoms with Gasteiger partial charge >= 0.3 is 0 Å². The van der Waals surface area contributed by atoms with Crippen LogP contribution in [-0.4, -0.2) is 0 Å². The lowest BCUT2D eigenvalue weighted by molar-refractivity contribution is 1.01. The first-order valence-corrected chi connectivity index (χ1v) is 2.46. The fourth-order valence-corrected chi connectivity index (χ4v) is 0.265. The molecule has 0 saturated carbocycles. The molecule has 0 amide bonds. The van der Waals surface area contributed by atoms with Gasteiger partial charge in [0, 0.05) is 6.42 Å². The zero-order valence-electron chi connectivity index (χ0n) is 5.21. The second-order valence-corrected chi connectivity index (χ2v) is 1.81. The molecular formula is C7H11. The molecule has 0 aromatic rings. The van der Waals surface area contributed by atoms with Crippen LogP contribution >= 0.6 is 0 Å². The highest BCUT2D eigenvalue weighted by molar-refractivity contribution is 5.02. The summed E-state index contributed by atoms with van der Waals surface area (Å²) < 4.78 is 0. The Morgan fingerprint density at radius 3 is 2.14 bits per heavy atom. The molecule has 0 aromatic carbocycles. The third kappa shape index (κ3) is 5.56. The van der Waals surface area contributed by atoms with Crippen molar-refractivity contribution in [3.63, 3.8) is 0 Å². The highest BCUT2D eigenvalue weighted by Crippen LogP contribution is 1.98. The quantitative estimate of drug-likeness (QED) is 0.437. The molecule has 0 unspecified atom stereocenters. The average molecular weight is 95.2 g/mol. The third-order valence-corrected chi connectivity index (χ3v) is 0.619. The molecule has 0 rings (SSSR count). The van der Waals surface area contributed by atoms with Gasteiger partial charge in [-0.05, 0) is 12.8 Å². The summed E-state index contributed by atoms with van der Waals surface area (Å²) >= 11 is 0. The fourth-order valence-electron chi connectivity index (χ4n) is 0.265. The van der Waals surface area contributed by atoms with Crippen LogP contribution in [0.3, 0.4) is 0 Å². The van der Waals surface area contributed by atoms with Crippen molar-refractivity contribution in [1.82, 2.24) is 0 Å². The lowest BCUT2D eigenvalue weighted by atomic mass is 10.1. The zero-order valence-corrected chi connectivity index (χ0v) is 5.21. The van der Waals surface area contributed by atoms with E-state index in [0.717, 1.165) is 6.42 Å². The van der Waals surface area contributed by atoms with Crippen molar-refractivity contribution in [2.75, 3.05) is 0 Å². The van der Waals surface area contributed by atoms with Crippen molar-refractivity contribution in [3.8, 4) is 11.8 Å². The monoisotopic (exact) mass is 95.1 g/mol. The third-order valence-electron chi connectivity index (χ3n) is 0.619. The van der Waals surface area contributed by atoms with Gasteiger partial charge in [0.15, 0.2) is 0 Å². The van der Waals surface area contributed by atoms with E-state index < -0.39 is 0 Å². The van der Waals surface area contributed by atoms with Gasteiger partial charge in [-0.2, -0.15) is 0 Å². The van der Waals surface area contributed by atoms with Crippen molar-refractivity contribution in [3.05, 3.63) is 5.92 Å². The molecule has 0 fully saturated rings. The van der Waals surface area contributed by atoms with Gasteiger partial charge in [-0.25, -0.2) is 0 Å². The Morgan fingerprint density at radius 1 is 1.43 bits per heavy atom. The van der Waals surface area contributed by atoms with E-state index in [1.807, 2.05) is 6.92 Å². The normalized spacial score (nSPS) is 8.00. The van der Waals surface area contributed by atoms with Crippen molar-refractivity contribution in [2.24, 2.45) is 0 Å². The van der Waals surface area contributed by atoms with Crippen molar-refractivity contribution < 1.29 is 0 Å². The molecule has 0 saturated heterocycles. The molecule has 1 radical (unpaired) electrons. The fraction of sp³-hybridized carbons (Fsp3) is 0.571. The van der Waals surface area contributed by atoms with Gasteiger partial charge < -0.3 is 0 Å². The predicted octanol–water partition coefficient (Wildman–Crippen LogP) is 2.01. The minimum atomic E-state index is 0.955. The summed E-state index contributed by atoms with van der Waals surface area (Å²) in [5.41, 5.74) is 0. The maximum absolute atomic E-state index is 2.96. The van der Waals surface area contributed by atoms with Gasteiger partial charge in [-0.3, -0.25) is 0 Å². The number of hydrogen-bond acceptors (Lipinski definition) is 0. The van der Waals surface area contributed by atoms with Gasteiger partial charge in [-0.1, -0.05) is 13.8 Å². The van der Waals surface area contributed by atoms with Gasteiger partial charge in [-0.15, -0.1) is 11.8 Å². The van der Waals surface area contributed by atoms with Gasteiger partial charge in [0.05, 0.1) is 0 Å². The first-order chi connectivity index (χ1) is 3.27. The Hall–Kier alpha value is -0.440. The minimum absolute atomic E-state index is 0.955. The summed E-state index contributed by atoms with van der Waals surface area (Å²) in [7, 11) is 0. The summed E-state index contributed by atoms with van der Waals surface area (Å²) in [6.07, 6.45) is 0.955. The highest BCUT2D eigenvalue weighted by atomic mass is 13.9. The summed E-state index contributed by atoms with van der Waals surface area (Å²) in [6.45, 7) is 6.04. The van der Waals surface area contributed by atoms with Crippen LogP contribution in [0.4, 0.5) is 0 Å². The van der Waals surface area contributed by atoms with Crippen LogP contribution in [0.1, 0.15) is 27.2 Å². The number of hydrogen-bond donors (Lipinski definition) is 0. The maximum atomic E-state index is 2.96. The second kappa shape index (κ2) is 3.74. The molecule has 0 aromatic heterocycles. The van der Waals surface area contributed by atoms with Crippen LogP contribution in [0.2, 0.25) is 0 Å². The minimum Gasteiger partial charge on any atom is -0.107 e. The van der Waals surface area contributed by atoms with Crippen LogP contribution in [-0.2, 0) is 0 Å².